The Morgan fingerprint density at radius 1 is 1.12 bits per heavy atom. The largest absolute Gasteiger partial charge is 0.310 e. The molecule has 2 heteroatoms. The molecule has 1 rings (SSSR count). The zero-order valence-electron chi connectivity index (χ0n) is 11.0. The van der Waals surface area contributed by atoms with Gasteiger partial charge >= 0.3 is 0 Å². The SMILES string of the molecule is CC(C)CC(CC(C)C)NCc1ccsc1. The van der Waals surface area contributed by atoms with E-state index < -0.39 is 0 Å². The second kappa shape index (κ2) is 7.08. The van der Waals surface area contributed by atoms with Crippen molar-refractivity contribution in [3.63, 3.8) is 0 Å². The van der Waals surface area contributed by atoms with Gasteiger partial charge in [-0.15, -0.1) is 0 Å². The van der Waals surface area contributed by atoms with Crippen molar-refractivity contribution in [1.82, 2.24) is 5.32 Å². The van der Waals surface area contributed by atoms with Crippen LogP contribution in [0.3, 0.4) is 0 Å². The zero-order valence-corrected chi connectivity index (χ0v) is 11.8. The van der Waals surface area contributed by atoms with Gasteiger partial charge in [0.15, 0.2) is 0 Å². The molecule has 0 spiro atoms. The van der Waals surface area contributed by atoms with Crippen LogP contribution >= 0.6 is 11.3 Å². The second-order valence-corrected chi connectivity index (χ2v) is 6.25. The minimum Gasteiger partial charge on any atom is -0.310 e. The van der Waals surface area contributed by atoms with Crippen LogP contribution in [0.15, 0.2) is 16.8 Å². The van der Waals surface area contributed by atoms with Crippen LogP contribution in [0.2, 0.25) is 0 Å². The van der Waals surface area contributed by atoms with E-state index in [0.717, 1.165) is 18.4 Å². The van der Waals surface area contributed by atoms with Gasteiger partial charge in [0, 0.05) is 12.6 Å². The maximum Gasteiger partial charge on any atom is 0.0216 e. The predicted molar refractivity (Wildman–Crippen MR) is 73.9 cm³/mol. The summed E-state index contributed by atoms with van der Waals surface area (Å²) in [5.74, 6) is 1.55. The van der Waals surface area contributed by atoms with Gasteiger partial charge in [-0.3, -0.25) is 0 Å². The topological polar surface area (TPSA) is 12.0 Å². The Balaban J connectivity index is 2.37. The highest BCUT2D eigenvalue weighted by molar-refractivity contribution is 7.07. The Morgan fingerprint density at radius 2 is 1.75 bits per heavy atom. The molecule has 0 aromatic carbocycles. The smallest absolute Gasteiger partial charge is 0.0216 e. The highest BCUT2D eigenvalue weighted by atomic mass is 32.1. The molecule has 0 saturated heterocycles. The van der Waals surface area contributed by atoms with Gasteiger partial charge in [-0.2, -0.15) is 11.3 Å². The number of thiophene rings is 1. The molecule has 0 radical (unpaired) electrons. The molecule has 0 saturated carbocycles. The van der Waals surface area contributed by atoms with Gasteiger partial charge in [-0.1, -0.05) is 27.7 Å². The molecule has 0 atom stereocenters. The molecule has 92 valence electrons. The second-order valence-electron chi connectivity index (χ2n) is 5.47. The van der Waals surface area contributed by atoms with E-state index >= 15 is 0 Å². The van der Waals surface area contributed by atoms with Crippen molar-refractivity contribution in [2.45, 2.75) is 53.1 Å². The molecule has 0 aliphatic heterocycles. The fourth-order valence-electron chi connectivity index (χ4n) is 2.06. The molecule has 0 aliphatic carbocycles. The Kier molecular flexibility index (Phi) is 6.07. The molecule has 16 heavy (non-hydrogen) atoms. The van der Waals surface area contributed by atoms with Crippen LogP contribution in [-0.4, -0.2) is 6.04 Å². The number of hydrogen-bond donors (Lipinski definition) is 1. The van der Waals surface area contributed by atoms with E-state index in [1.807, 2.05) is 0 Å². The quantitative estimate of drug-likeness (QED) is 0.748. The summed E-state index contributed by atoms with van der Waals surface area (Å²) < 4.78 is 0. The van der Waals surface area contributed by atoms with E-state index in [1.165, 1.54) is 18.4 Å². The standard InChI is InChI=1S/C14H25NS/c1-11(2)7-14(8-12(3)4)15-9-13-5-6-16-10-13/h5-6,10-12,14-15H,7-9H2,1-4H3. The van der Waals surface area contributed by atoms with Crippen molar-refractivity contribution < 1.29 is 0 Å². The van der Waals surface area contributed by atoms with E-state index in [9.17, 15) is 0 Å². The van der Waals surface area contributed by atoms with Crippen molar-refractivity contribution >= 4 is 11.3 Å². The van der Waals surface area contributed by atoms with Gasteiger partial charge in [0.1, 0.15) is 0 Å². The predicted octanol–water partition coefficient (Wildman–Crippen LogP) is 4.30. The number of hydrogen-bond acceptors (Lipinski definition) is 2. The van der Waals surface area contributed by atoms with Crippen LogP contribution in [0.1, 0.15) is 46.1 Å². The molecule has 1 aromatic heterocycles. The Hall–Kier alpha value is -0.340. The fraction of sp³-hybridized carbons (Fsp3) is 0.714. The summed E-state index contributed by atoms with van der Waals surface area (Å²) in [6.45, 7) is 10.2. The maximum absolute atomic E-state index is 3.69. The lowest BCUT2D eigenvalue weighted by Crippen LogP contribution is -2.31. The van der Waals surface area contributed by atoms with E-state index in [1.54, 1.807) is 11.3 Å². The van der Waals surface area contributed by atoms with Crippen LogP contribution in [0.4, 0.5) is 0 Å². The van der Waals surface area contributed by atoms with Crippen LogP contribution in [0.5, 0.6) is 0 Å². The lowest BCUT2D eigenvalue weighted by atomic mass is 9.95. The van der Waals surface area contributed by atoms with Crippen molar-refractivity contribution in [1.29, 1.82) is 0 Å². The monoisotopic (exact) mass is 239 g/mol. The molecule has 1 nitrogen and oxygen atoms in total. The maximum atomic E-state index is 3.69. The first-order chi connectivity index (χ1) is 7.58. The molecule has 1 N–H and O–H groups in total. The van der Waals surface area contributed by atoms with E-state index in [4.69, 9.17) is 0 Å². The molecular weight excluding hydrogens is 214 g/mol. The van der Waals surface area contributed by atoms with E-state index in [2.05, 4.69) is 49.8 Å². The summed E-state index contributed by atoms with van der Waals surface area (Å²) in [6, 6.07) is 2.87. The normalized spacial score (nSPS) is 11.9. The summed E-state index contributed by atoms with van der Waals surface area (Å²) in [4.78, 5) is 0. The Labute approximate surface area is 104 Å². The summed E-state index contributed by atoms with van der Waals surface area (Å²) in [7, 11) is 0. The average molecular weight is 239 g/mol. The van der Waals surface area contributed by atoms with Gasteiger partial charge < -0.3 is 5.32 Å². The lowest BCUT2D eigenvalue weighted by molar-refractivity contribution is 0.358. The van der Waals surface area contributed by atoms with Gasteiger partial charge in [0.05, 0.1) is 0 Å². The molecule has 0 bridgehead atoms. The molecular formula is C14H25NS. The minimum atomic E-state index is 0.667. The zero-order chi connectivity index (χ0) is 12.0. The highest BCUT2D eigenvalue weighted by Crippen LogP contribution is 2.14. The van der Waals surface area contributed by atoms with E-state index in [-0.39, 0.29) is 0 Å². The van der Waals surface area contributed by atoms with Crippen molar-refractivity contribution in [2.75, 3.05) is 0 Å². The Morgan fingerprint density at radius 3 is 2.19 bits per heavy atom. The third-order valence-corrected chi connectivity index (χ3v) is 3.42. The lowest BCUT2D eigenvalue weighted by Gasteiger charge is -2.22. The summed E-state index contributed by atoms with van der Waals surface area (Å²) >= 11 is 1.78. The van der Waals surface area contributed by atoms with Crippen molar-refractivity contribution in [3.05, 3.63) is 22.4 Å². The Bertz CT molecular complexity index is 254. The third-order valence-electron chi connectivity index (χ3n) is 2.69. The number of rotatable bonds is 7. The van der Waals surface area contributed by atoms with Gasteiger partial charge in [0.25, 0.3) is 0 Å². The van der Waals surface area contributed by atoms with Gasteiger partial charge in [-0.25, -0.2) is 0 Å². The minimum absolute atomic E-state index is 0.667. The molecule has 0 fully saturated rings. The summed E-state index contributed by atoms with van der Waals surface area (Å²) in [6.07, 6.45) is 2.56. The van der Waals surface area contributed by atoms with Crippen molar-refractivity contribution in [2.24, 2.45) is 11.8 Å². The first-order valence-corrected chi connectivity index (χ1v) is 7.26. The van der Waals surface area contributed by atoms with Gasteiger partial charge in [0.2, 0.25) is 0 Å². The molecule has 0 amide bonds. The third kappa shape index (κ3) is 5.66. The van der Waals surface area contributed by atoms with Crippen LogP contribution in [0, 0.1) is 11.8 Å². The first kappa shape index (κ1) is 13.7. The molecule has 1 aromatic rings. The van der Waals surface area contributed by atoms with E-state index in [0.29, 0.717) is 6.04 Å². The fourth-order valence-corrected chi connectivity index (χ4v) is 2.73. The van der Waals surface area contributed by atoms with Crippen LogP contribution in [-0.2, 0) is 6.54 Å². The van der Waals surface area contributed by atoms with Gasteiger partial charge in [-0.05, 0) is 47.1 Å². The molecule has 0 unspecified atom stereocenters. The number of nitrogens with one attached hydrogen (secondary N) is 1. The highest BCUT2D eigenvalue weighted by Gasteiger charge is 2.12. The summed E-state index contributed by atoms with van der Waals surface area (Å²) in [5.41, 5.74) is 1.42. The first-order valence-electron chi connectivity index (χ1n) is 6.32. The van der Waals surface area contributed by atoms with Crippen molar-refractivity contribution in [3.8, 4) is 0 Å². The molecule has 1 heterocycles. The average Bonchev–Trinajstić information content (AvgIpc) is 2.64. The van der Waals surface area contributed by atoms with Crippen LogP contribution < -0.4 is 5.32 Å². The van der Waals surface area contributed by atoms with Crippen LogP contribution in [0.25, 0.3) is 0 Å². The summed E-state index contributed by atoms with van der Waals surface area (Å²) in [5, 5.41) is 8.07. The molecule has 0 aliphatic rings.